The minimum Gasteiger partial charge on any atom is -0.321 e. The summed E-state index contributed by atoms with van der Waals surface area (Å²) < 4.78 is 18.1. The Bertz CT molecular complexity index is 1690. The molecule has 3 aromatic carbocycles. The molecule has 1 aliphatic heterocycles. The predicted octanol–water partition coefficient (Wildman–Crippen LogP) is 4.76. The number of carbonyl (C=O) groups is 1. The first-order valence-electron chi connectivity index (χ1n) is 12.2. The van der Waals surface area contributed by atoms with E-state index in [1.165, 1.54) is 16.8 Å². The third kappa shape index (κ3) is 4.18. The zero-order chi connectivity index (χ0) is 25.4. The number of nitrogens with one attached hydrogen (secondary N) is 1. The molecule has 184 valence electrons. The van der Waals surface area contributed by atoms with Gasteiger partial charge in [0.25, 0.3) is 11.5 Å². The number of aryl methyl sites for hydroxylation is 1. The number of halogens is 1. The second kappa shape index (κ2) is 9.42. The summed E-state index contributed by atoms with van der Waals surface area (Å²) in [6, 6.07) is 20.1. The number of benzene rings is 3. The number of hydrogen-bond donors (Lipinski definition) is 1. The molecule has 1 N–H and O–H groups in total. The van der Waals surface area contributed by atoms with E-state index in [0.717, 1.165) is 38.1 Å². The Labute approximate surface area is 211 Å². The van der Waals surface area contributed by atoms with Crippen LogP contribution in [-0.4, -0.2) is 30.5 Å². The van der Waals surface area contributed by atoms with Gasteiger partial charge in [0.1, 0.15) is 11.6 Å². The fraction of sp³-hybridized carbons (Fsp3) is 0.179. The highest BCUT2D eigenvalue weighted by atomic mass is 19.1. The Balaban J connectivity index is 1.40. The fourth-order valence-corrected chi connectivity index (χ4v) is 4.75. The first-order valence-corrected chi connectivity index (χ1v) is 12.2. The summed E-state index contributed by atoms with van der Waals surface area (Å²) in [5, 5.41) is 16.6. The summed E-state index contributed by atoms with van der Waals surface area (Å²) in [4.78, 5) is 26.6. The van der Waals surface area contributed by atoms with Crippen LogP contribution in [0.2, 0.25) is 0 Å². The normalized spacial score (nSPS) is 13.2. The summed E-state index contributed by atoms with van der Waals surface area (Å²) >= 11 is 0. The van der Waals surface area contributed by atoms with Gasteiger partial charge in [0, 0.05) is 24.0 Å². The quantitative estimate of drug-likeness (QED) is 0.389. The van der Waals surface area contributed by atoms with Gasteiger partial charge in [0.05, 0.1) is 16.6 Å². The van der Waals surface area contributed by atoms with Crippen LogP contribution < -0.4 is 10.9 Å². The second-order valence-corrected chi connectivity index (χ2v) is 9.00. The molecular formula is C28H23FN6O2. The Morgan fingerprint density at radius 2 is 1.68 bits per heavy atom. The van der Waals surface area contributed by atoms with Crippen molar-refractivity contribution in [2.75, 3.05) is 5.32 Å². The molecule has 0 atom stereocenters. The molecule has 0 fully saturated rings. The number of carbonyl (C=O) groups excluding carboxylic acids is 1. The van der Waals surface area contributed by atoms with Crippen molar-refractivity contribution >= 4 is 22.4 Å². The molecule has 0 saturated heterocycles. The highest BCUT2D eigenvalue weighted by Crippen LogP contribution is 2.28. The molecule has 2 aromatic heterocycles. The van der Waals surface area contributed by atoms with Crippen LogP contribution >= 0.6 is 0 Å². The molecule has 0 radical (unpaired) electrons. The van der Waals surface area contributed by atoms with E-state index in [1.54, 1.807) is 54.6 Å². The average Bonchev–Trinajstić information content (AvgIpc) is 3.17. The molecular weight excluding hydrogens is 471 g/mol. The van der Waals surface area contributed by atoms with E-state index in [9.17, 15) is 14.0 Å². The van der Waals surface area contributed by atoms with Crippen molar-refractivity contribution in [3.8, 4) is 17.1 Å². The summed E-state index contributed by atoms with van der Waals surface area (Å²) in [5.74, 6) is 0.337. The van der Waals surface area contributed by atoms with Gasteiger partial charge in [-0.3, -0.25) is 9.59 Å². The fourth-order valence-electron chi connectivity index (χ4n) is 4.75. The highest BCUT2D eigenvalue weighted by Gasteiger charge is 2.21. The van der Waals surface area contributed by atoms with Gasteiger partial charge >= 0.3 is 0 Å². The van der Waals surface area contributed by atoms with Crippen LogP contribution in [0, 0.1) is 5.82 Å². The SMILES string of the molecule is O=C(Nc1ccc(F)c(-c2nnc3n2CCCCC3)c1)c1nn(-c2ccccc2)c(=O)c2ccccc12. The van der Waals surface area contributed by atoms with Crippen LogP contribution in [0.25, 0.3) is 27.8 Å². The number of para-hydroxylation sites is 1. The highest BCUT2D eigenvalue weighted by molar-refractivity contribution is 6.11. The lowest BCUT2D eigenvalue weighted by molar-refractivity contribution is 0.102. The van der Waals surface area contributed by atoms with E-state index >= 15 is 0 Å². The van der Waals surface area contributed by atoms with Crippen LogP contribution in [0.5, 0.6) is 0 Å². The molecule has 8 nitrogen and oxygen atoms in total. The molecule has 1 amide bonds. The van der Waals surface area contributed by atoms with E-state index < -0.39 is 11.7 Å². The van der Waals surface area contributed by atoms with Gasteiger partial charge in [-0.15, -0.1) is 10.2 Å². The topological polar surface area (TPSA) is 94.7 Å². The molecule has 0 unspecified atom stereocenters. The van der Waals surface area contributed by atoms with Crippen molar-refractivity contribution < 1.29 is 9.18 Å². The number of anilines is 1. The summed E-state index contributed by atoms with van der Waals surface area (Å²) in [6.45, 7) is 0.727. The van der Waals surface area contributed by atoms with Crippen LogP contribution in [-0.2, 0) is 13.0 Å². The first-order chi connectivity index (χ1) is 18.1. The molecule has 0 saturated carbocycles. The molecule has 37 heavy (non-hydrogen) atoms. The lowest BCUT2D eigenvalue weighted by Crippen LogP contribution is -2.26. The number of fused-ring (bicyclic) bond motifs is 2. The van der Waals surface area contributed by atoms with E-state index in [2.05, 4.69) is 20.6 Å². The average molecular weight is 495 g/mol. The molecule has 3 heterocycles. The van der Waals surface area contributed by atoms with E-state index in [0.29, 0.717) is 28.0 Å². The van der Waals surface area contributed by atoms with Crippen LogP contribution in [0.4, 0.5) is 10.1 Å². The van der Waals surface area contributed by atoms with Gasteiger partial charge in [0.2, 0.25) is 0 Å². The third-order valence-corrected chi connectivity index (χ3v) is 6.60. The van der Waals surface area contributed by atoms with E-state index in [1.807, 2.05) is 10.6 Å². The minimum atomic E-state index is -0.515. The van der Waals surface area contributed by atoms with Gasteiger partial charge in [-0.05, 0) is 49.2 Å². The number of nitrogens with zero attached hydrogens (tertiary/aromatic N) is 5. The third-order valence-electron chi connectivity index (χ3n) is 6.60. The van der Waals surface area contributed by atoms with Crippen molar-refractivity contribution in [1.29, 1.82) is 0 Å². The maximum atomic E-state index is 14.9. The number of amides is 1. The monoisotopic (exact) mass is 494 g/mol. The number of aromatic nitrogens is 5. The van der Waals surface area contributed by atoms with Crippen molar-refractivity contribution in [2.24, 2.45) is 0 Å². The van der Waals surface area contributed by atoms with Gasteiger partial charge in [-0.1, -0.05) is 42.8 Å². The molecule has 0 spiro atoms. The molecule has 6 rings (SSSR count). The largest absolute Gasteiger partial charge is 0.321 e. The van der Waals surface area contributed by atoms with E-state index in [-0.39, 0.29) is 16.8 Å². The van der Waals surface area contributed by atoms with Crippen LogP contribution in [0.1, 0.15) is 35.6 Å². The smallest absolute Gasteiger partial charge is 0.279 e. The summed E-state index contributed by atoms with van der Waals surface area (Å²) in [7, 11) is 0. The minimum absolute atomic E-state index is 0.0845. The zero-order valence-corrected chi connectivity index (χ0v) is 19.9. The van der Waals surface area contributed by atoms with Gasteiger partial charge < -0.3 is 9.88 Å². The number of rotatable bonds is 4. The van der Waals surface area contributed by atoms with Crippen LogP contribution in [0.15, 0.2) is 77.6 Å². The van der Waals surface area contributed by atoms with Gasteiger partial charge in [0.15, 0.2) is 11.5 Å². The van der Waals surface area contributed by atoms with Crippen molar-refractivity contribution in [2.45, 2.75) is 32.2 Å². The summed E-state index contributed by atoms with van der Waals surface area (Å²) in [6.07, 6.45) is 3.91. The Hall–Kier alpha value is -4.66. The zero-order valence-electron chi connectivity index (χ0n) is 19.9. The second-order valence-electron chi connectivity index (χ2n) is 9.00. The van der Waals surface area contributed by atoms with E-state index in [4.69, 9.17) is 0 Å². The van der Waals surface area contributed by atoms with Crippen LogP contribution in [0.3, 0.4) is 0 Å². The Kier molecular flexibility index (Phi) is 5.80. The predicted molar refractivity (Wildman–Crippen MR) is 138 cm³/mol. The molecule has 9 heteroatoms. The molecule has 0 bridgehead atoms. The lowest BCUT2D eigenvalue weighted by Gasteiger charge is -2.13. The first kappa shape index (κ1) is 22.8. The Morgan fingerprint density at radius 1 is 0.892 bits per heavy atom. The van der Waals surface area contributed by atoms with Gasteiger partial charge in [-0.2, -0.15) is 9.78 Å². The maximum absolute atomic E-state index is 14.9. The lowest BCUT2D eigenvalue weighted by atomic mass is 10.1. The Morgan fingerprint density at radius 3 is 2.51 bits per heavy atom. The van der Waals surface area contributed by atoms with Crippen molar-refractivity contribution in [3.63, 3.8) is 0 Å². The summed E-state index contributed by atoms with van der Waals surface area (Å²) in [5.41, 5.74) is 0.960. The van der Waals surface area contributed by atoms with Crippen molar-refractivity contribution in [1.82, 2.24) is 24.5 Å². The maximum Gasteiger partial charge on any atom is 0.279 e. The molecule has 0 aliphatic carbocycles. The van der Waals surface area contributed by atoms with Crippen molar-refractivity contribution in [3.05, 3.63) is 100 Å². The van der Waals surface area contributed by atoms with Gasteiger partial charge in [-0.25, -0.2) is 4.39 Å². The molecule has 5 aromatic rings. The standard InChI is InChI=1S/C28H23FN6O2/c29-23-15-14-18(17-22(23)26-32-31-24-13-5-2-8-16-34(24)26)30-27(36)25-20-11-6-7-12-21(20)28(37)35(33-25)19-9-3-1-4-10-19/h1,3-4,6-7,9-12,14-15,17H,2,5,8,13,16H2,(H,30,36). The molecule has 1 aliphatic rings. The number of hydrogen-bond acceptors (Lipinski definition) is 5.